The van der Waals surface area contributed by atoms with E-state index < -0.39 is 10.0 Å². The average Bonchev–Trinajstić information content (AvgIpc) is 3.50. The molecule has 1 saturated heterocycles. The van der Waals surface area contributed by atoms with Crippen LogP contribution in [0.25, 0.3) is 16.5 Å². The predicted octanol–water partition coefficient (Wildman–Crippen LogP) is 3.95. The Balaban J connectivity index is 1.28. The molecule has 8 heteroatoms. The molecule has 162 valence electrons. The molecule has 1 N–H and O–H groups in total. The van der Waals surface area contributed by atoms with E-state index in [0.717, 1.165) is 18.4 Å². The topological polar surface area (TPSA) is 73.5 Å². The van der Waals surface area contributed by atoms with Crippen molar-refractivity contribution in [1.82, 2.24) is 14.2 Å². The largest absolute Gasteiger partial charge is 0.361 e. The maximum Gasteiger partial charge on any atom is 0.252 e. The van der Waals surface area contributed by atoms with Gasteiger partial charge in [-0.2, -0.15) is 4.31 Å². The molecule has 0 aliphatic carbocycles. The van der Waals surface area contributed by atoms with Crippen LogP contribution >= 0.6 is 11.3 Å². The minimum atomic E-state index is -3.51. The van der Waals surface area contributed by atoms with Crippen LogP contribution in [0.4, 0.5) is 0 Å². The lowest BCUT2D eigenvalue weighted by molar-refractivity contribution is -0.136. The molecule has 1 fully saturated rings. The number of aromatic nitrogens is 1. The number of hydrogen-bond acceptors (Lipinski definition) is 4. The lowest BCUT2D eigenvalue weighted by atomic mass is 9.95. The predicted molar refractivity (Wildman–Crippen MR) is 123 cm³/mol. The summed E-state index contributed by atoms with van der Waals surface area (Å²) in [7, 11) is -3.51. The highest BCUT2D eigenvalue weighted by Gasteiger charge is 2.35. The van der Waals surface area contributed by atoms with E-state index in [0.29, 0.717) is 30.3 Å². The van der Waals surface area contributed by atoms with Gasteiger partial charge in [-0.1, -0.05) is 30.3 Å². The van der Waals surface area contributed by atoms with Gasteiger partial charge < -0.3 is 9.88 Å². The third-order valence-corrected chi connectivity index (χ3v) is 9.52. The second kappa shape index (κ2) is 8.26. The molecule has 0 unspecified atom stereocenters. The summed E-state index contributed by atoms with van der Waals surface area (Å²) in [4.78, 5) is 18.4. The maximum atomic E-state index is 13.2. The summed E-state index contributed by atoms with van der Waals surface area (Å²) in [5.74, 6) is -0.202. The number of para-hydroxylation sites is 1. The molecule has 2 aromatic heterocycles. The molecule has 5 rings (SSSR count). The van der Waals surface area contributed by atoms with Gasteiger partial charge in [-0.15, -0.1) is 11.3 Å². The Bertz CT molecular complexity index is 1230. The van der Waals surface area contributed by atoms with E-state index >= 15 is 0 Å². The van der Waals surface area contributed by atoms with Crippen LogP contribution in [-0.2, 0) is 14.8 Å². The Kier molecular flexibility index (Phi) is 5.45. The van der Waals surface area contributed by atoms with Crippen LogP contribution in [0.5, 0.6) is 0 Å². The molecule has 1 atom stereocenters. The van der Waals surface area contributed by atoms with Crippen molar-refractivity contribution in [1.29, 1.82) is 0 Å². The van der Waals surface area contributed by atoms with Gasteiger partial charge in [-0.05, 0) is 42.3 Å². The molecular weight excluding hydrogens is 430 g/mol. The van der Waals surface area contributed by atoms with Gasteiger partial charge >= 0.3 is 0 Å². The van der Waals surface area contributed by atoms with Gasteiger partial charge in [0, 0.05) is 48.8 Å². The highest BCUT2D eigenvalue weighted by molar-refractivity contribution is 7.91. The lowest BCUT2D eigenvalue weighted by Crippen LogP contribution is -2.47. The van der Waals surface area contributed by atoms with Gasteiger partial charge in [-0.25, -0.2) is 8.42 Å². The van der Waals surface area contributed by atoms with Gasteiger partial charge in [0.25, 0.3) is 10.0 Å². The van der Waals surface area contributed by atoms with E-state index in [2.05, 4.69) is 23.2 Å². The van der Waals surface area contributed by atoms with Crippen LogP contribution in [-0.4, -0.2) is 54.7 Å². The summed E-state index contributed by atoms with van der Waals surface area (Å²) in [6, 6.07) is 11.6. The Morgan fingerprint density at radius 3 is 2.77 bits per heavy atom. The van der Waals surface area contributed by atoms with Gasteiger partial charge in [0.15, 0.2) is 0 Å². The zero-order valence-corrected chi connectivity index (χ0v) is 18.8. The summed E-state index contributed by atoms with van der Waals surface area (Å²) >= 11 is 1.23. The summed E-state index contributed by atoms with van der Waals surface area (Å²) in [5, 5.41) is 2.97. The number of carbonyl (C=O) groups excluding carboxylic acids is 1. The van der Waals surface area contributed by atoms with Crippen LogP contribution in [0.15, 0.2) is 58.3 Å². The van der Waals surface area contributed by atoms with Crippen molar-refractivity contribution < 1.29 is 13.2 Å². The Morgan fingerprint density at radius 2 is 2.00 bits per heavy atom. The van der Waals surface area contributed by atoms with Crippen LogP contribution < -0.4 is 0 Å². The standard InChI is InChI=1S/C23H25N3O3S2/c27-23(18-5-3-11-26(16-18)31(28,29)22-8-4-14-30-22)25-12-9-17(10-13-25)20-15-24-21-7-2-1-6-19(20)21/h1-2,4,6-9,14-15,18,24H,3,5,10-13,16H2/t18-/m1/s1. The third-order valence-electron chi connectivity index (χ3n) is 6.28. The number of amides is 1. The van der Waals surface area contributed by atoms with E-state index in [4.69, 9.17) is 0 Å². The second-order valence-corrected chi connectivity index (χ2v) is 11.3. The number of hydrogen-bond donors (Lipinski definition) is 1. The first-order valence-corrected chi connectivity index (χ1v) is 12.9. The molecular formula is C23H25N3O3S2. The Hall–Kier alpha value is -2.42. The first kappa shape index (κ1) is 20.5. The van der Waals surface area contributed by atoms with Gasteiger partial charge in [-0.3, -0.25) is 4.79 Å². The van der Waals surface area contributed by atoms with E-state index in [-0.39, 0.29) is 18.4 Å². The number of fused-ring (bicyclic) bond motifs is 1. The van der Waals surface area contributed by atoms with Crippen molar-refractivity contribution in [2.75, 3.05) is 26.2 Å². The molecule has 2 aliphatic rings. The third kappa shape index (κ3) is 3.84. The summed E-state index contributed by atoms with van der Waals surface area (Å²) in [6.07, 6.45) is 6.44. The van der Waals surface area contributed by atoms with Crippen LogP contribution in [0.3, 0.4) is 0 Å². The van der Waals surface area contributed by atoms with Crippen molar-refractivity contribution in [2.24, 2.45) is 5.92 Å². The summed E-state index contributed by atoms with van der Waals surface area (Å²) in [6.45, 7) is 1.99. The SMILES string of the molecule is O=C([C@@H]1CCCN(S(=O)(=O)c2cccs2)C1)N1CC=C(c2c[nH]c3ccccc23)CC1. The minimum Gasteiger partial charge on any atom is -0.361 e. The van der Waals surface area contributed by atoms with E-state index in [1.165, 1.54) is 32.2 Å². The van der Waals surface area contributed by atoms with Gasteiger partial charge in [0.2, 0.25) is 5.91 Å². The molecule has 1 amide bonds. The fourth-order valence-corrected chi connectivity index (χ4v) is 7.28. The number of piperidine rings is 1. The maximum absolute atomic E-state index is 13.2. The molecule has 3 aromatic rings. The van der Waals surface area contributed by atoms with Crippen LogP contribution in [0, 0.1) is 5.92 Å². The quantitative estimate of drug-likeness (QED) is 0.647. The van der Waals surface area contributed by atoms with E-state index in [1.54, 1.807) is 17.5 Å². The fraction of sp³-hybridized carbons (Fsp3) is 0.348. The Labute approximate surface area is 186 Å². The number of H-pyrrole nitrogens is 1. The van der Waals surface area contributed by atoms with E-state index in [1.807, 2.05) is 23.2 Å². The first-order chi connectivity index (χ1) is 15.0. The fourth-order valence-electron chi connectivity index (χ4n) is 4.61. The zero-order chi connectivity index (χ0) is 21.4. The van der Waals surface area contributed by atoms with Crippen molar-refractivity contribution in [3.63, 3.8) is 0 Å². The number of thiophene rings is 1. The van der Waals surface area contributed by atoms with Crippen molar-refractivity contribution in [3.8, 4) is 0 Å². The number of benzene rings is 1. The highest BCUT2D eigenvalue weighted by atomic mass is 32.2. The summed E-state index contributed by atoms with van der Waals surface area (Å²) < 4.78 is 27.6. The minimum absolute atomic E-state index is 0.0697. The zero-order valence-electron chi connectivity index (χ0n) is 17.2. The van der Waals surface area contributed by atoms with Crippen molar-refractivity contribution in [2.45, 2.75) is 23.5 Å². The average molecular weight is 456 g/mol. The van der Waals surface area contributed by atoms with Crippen molar-refractivity contribution >= 4 is 43.7 Å². The van der Waals surface area contributed by atoms with Crippen LogP contribution in [0.1, 0.15) is 24.8 Å². The second-order valence-electron chi connectivity index (χ2n) is 8.15. The van der Waals surface area contributed by atoms with Crippen LogP contribution in [0.2, 0.25) is 0 Å². The lowest BCUT2D eigenvalue weighted by Gasteiger charge is -2.35. The molecule has 0 spiro atoms. The smallest absolute Gasteiger partial charge is 0.252 e. The van der Waals surface area contributed by atoms with Crippen molar-refractivity contribution in [3.05, 3.63) is 59.6 Å². The van der Waals surface area contributed by atoms with E-state index in [9.17, 15) is 13.2 Å². The Morgan fingerprint density at radius 1 is 1.13 bits per heavy atom. The molecule has 4 heterocycles. The molecule has 31 heavy (non-hydrogen) atoms. The van der Waals surface area contributed by atoms with Gasteiger partial charge in [0.05, 0.1) is 5.92 Å². The molecule has 2 aliphatic heterocycles. The number of sulfonamides is 1. The number of aromatic amines is 1. The molecule has 0 bridgehead atoms. The number of carbonyl (C=O) groups is 1. The molecule has 1 aromatic carbocycles. The first-order valence-electron chi connectivity index (χ1n) is 10.6. The molecule has 0 radical (unpaired) electrons. The molecule has 6 nitrogen and oxygen atoms in total. The normalized spacial score (nSPS) is 20.7. The summed E-state index contributed by atoms with van der Waals surface area (Å²) in [5.41, 5.74) is 3.58. The number of nitrogens with one attached hydrogen (secondary N) is 1. The number of nitrogens with zero attached hydrogens (tertiary/aromatic N) is 2. The molecule has 0 saturated carbocycles. The van der Waals surface area contributed by atoms with Gasteiger partial charge in [0.1, 0.15) is 4.21 Å². The number of rotatable bonds is 4. The monoisotopic (exact) mass is 455 g/mol. The highest BCUT2D eigenvalue weighted by Crippen LogP contribution is 2.31.